The van der Waals surface area contributed by atoms with Crippen molar-refractivity contribution in [2.24, 2.45) is 0 Å². The number of aromatic nitrogens is 1. The summed E-state index contributed by atoms with van der Waals surface area (Å²) in [5.74, 6) is -1.14. The van der Waals surface area contributed by atoms with Gasteiger partial charge in [-0.05, 0) is 6.07 Å². The Morgan fingerprint density at radius 1 is 1.44 bits per heavy atom. The Labute approximate surface area is 92.0 Å². The fraction of sp³-hybridized carbons (Fsp3) is 0.200. The molecule has 0 aliphatic carbocycles. The molecule has 1 aromatic heterocycles. The molecule has 80 valence electrons. The first kappa shape index (κ1) is 11.5. The van der Waals surface area contributed by atoms with Crippen LogP contribution in [0.5, 0.6) is 0 Å². The lowest BCUT2D eigenvalue weighted by molar-refractivity contribution is 0.0697. The van der Waals surface area contributed by atoms with Crippen molar-refractivity contribution in [3.8, 4) is 12.1 Å². The van der Waals surface area contributed by atoms with E-state index in [4.69, 9.17) is 15.6 Å². The highest BCUT2D eigenvalue weighted by molar-refractivity contribution is 5.94. The molecule has 0 radical (unpaired) electrons. The quantitative estimate of drug-likeness (QED) is 0.741. The van der Waals surface area contributed by atoms with E-state index in [1.807, 2.05) is 12.1 Å². The first-order valence-electron chi connectivity index (χ1n) is 4.37. The van der Waals surface area contributed by atoms with E-state index in [1.165, 1.54) is 23.4 Å². The maximum absolute atomic E-state index is 10.9. The van der Waals surface area contributed by atoms with Gasteiger partial charge in [0.15, 0.2) is 0 Å². The van der Waals surface area contributed by atoms with Crippen molar-refractivity contribution >= 4 is 11.7 Å². The minimum atomic E-state index is -1.14. The lowest BCUT2D eigenvalue weighted by Gasteiger charge is -2.19. The van der Waals surface area contributed by atoms with Gasteiger partial charge in [0, 0.05) is 12.4 Å². The number of rotatable bonds is 4. The summed E-state index contributed by atoms with van der Waals surface area (Å²) in [6.07, 6.45) is 2.61. The van der Waals surface area contributed by atoms with E-state index in [0.717, 1.165) is 0 Å². The third-order valence-electron chi connectivity index (χ3n) is 1.89. The van der Waals surface area contributed by atoms with Crippen LogP contribution in [0.2, 0.25) is 0 Å². The summed E-state index contributed by atoms with van der Waals surface area (Å²) in [4.78, 5) is 16.0. The Balaban J connectivity index is 3.14. The first-order valence-corrected chi connectivity index (χ1v) is 4.37. The molecule has 6 heteroatoms. The molecular formula is C10H8N4O2. The second kappa shape index (κ2) is 5.32. The van der Waals surface area contributed by atoms with Gasteiger partial charge in [0.1, 0.15) is 18.7 Å². The number of anilines is 1. The van der Waals surface area contributed by atoms with Gasteiger partial charge in [0.25, 0.3) is 0 Å². The molecule has 1 N–H and O–H groups in total. The van der Waals surface area contributed by atoms with Crippen molar-refractivity contribution in [2.75, 3.05) is 18.0 Å². The molecule has 0 aliphatic rings. The number of pyridine rings is 1. The Kier molecular flexibility index (Phi) is 3.82. The van der Waals surface area contributed by atoms with Crippen LogP contribution in [0.15, 0.2) is 18.5 Å². The SMILES string of the molecule is N#CCN(CC#N)c1ccncc1C(=O)O. The van der Waals surface area contributed by atoms with Crippen LogP contribution < -0.4 is 4.90 Å². The summed E-state index contributed by atoms with van der Waals surface area (Å²) in [6, 6.07) is 5.23. The maximum Gasteiger partial charge on any atom is 0.339 e. The number of nitriles is 2. The third kappa shape index (κ3) is 2.46. The molecule has 0 unspecified atom stereocenters. The summed E-state index contributed by atoms with van der Waals surface area (Å²) < 4.78 is 0. The van der Waals surface area contributed by atoms with Gasteiger partial charge in [0.05, 0.1) is 17.8 Å². The highest BCUT2D eigenvalue weighted by Gasteiger charge is 2.15. The zero-order chi connectivity index (χ0) is 12.0. The molecule has 0 amide bonds. The predicted molar refractivity (Wildman–Crippen MR) is 54.6 cm³/mol. The van der Waals surface area contributed by atoms with E-state index in [-0.39, 0.29) is 18.7 Å². The standard InChI is InChI=1S/C10H8N4O2/c11-2-5-14(6-3-12)9-1-4-13-7-8(9)10(15)16/h1,4,7H,5-6H2,(H,15,16). The van der Waals surface area contributed by atoms with Gasteiger partial charge in [-0.25, -0.2) is 4.79 Å². The van der Waals surface area contributed by atoms with Crippen molar-refractivity contribution in [1.29, 1.82) is 10.5 Å². The Bertz CT molecular complexity index is 456. The van der Waals surface area contributed by atoms with E-state index in [2.05, 4.69) is 4.98 Å². The molecule has 16 heavy (non-hydrogen) atoms. The van der Waals surface area contributed by atoms with Gasteiger partial charge >= 0.3 is 5.97 Å². The van der Waals surface area contributed by atoms with Gasteiger partial charge in [-0.2, -0.15) is 10.5 Å². The normalized spacial score (nSPS) is 8.88. The highest BCUT2D eigenvalue weighted by Crippen LogP contribution is 2.18. The van der Waals surface area contributed by atoms with Crippen molar-refractivity contribution in [3.05, 3.63) is 24.0 Å². The molecular weight excluding hydrogens is 208 g/mol. The predicted octanol–water partition coefficient (Wildman–Crippen LogP) is 0.633. The molecule has 1 rings (SSSR count). The van der Waals surface area contributed by atoms with Crippen molar-refractivity contribution in [2.45, 2.75) is 0 Å². The van der Waals surface area contributed by atoms with E-state index in [1.54, 1.807) is 0 Å². The van der Waals surface area contributed by atoms with E-state index in [9.17, 15) is 4.79 Å². The molecule has 0 aromatic carbocycles. The van der Waals surface area contributed by atoms with Crippen LogP contribution in [0.25, 0.3) is 0 Å². The molecule has 6 nitrogen and oxygen atoms in total. The van der Waals surface area contributed by atoms with Crippen LogP contribution in [-0.4, -0.2) is 29.1 Å². The molecule has 1 aromatic rings. The van der Waals surface area contributed by atoms with Crippen molar-refractivity contribution in [1.82, 2.24) is 4.98 Å². The van der Waals surface area contributed by atoms with Crippen LogP contribution >= 0.6 is 0 Å². The summed E-state index contributed by atoms with van der Waals surface area (Å²) in [6.45, 7) is -0.0876. The molecule has 0 bridgehead atoms. The van der Waals surface area contributed by atoms with Crippen LogP contribution in [0.1, 0.15) is 10.4 Å². The minimum Gasteiger partial charge on any atom is -0.478 e. The number of hydrogen-bond acceptors (Lipinski definition) is 5. The van der Waals surface area contributed by atoms with Crippen LogP contribution in [0, 0.1) is 22.7 Å². The second-order valence-electron chi connectivity index (χ2n) is 2.87. The van der Waals surface area contributed by atoms with E-state index in [0.29, 0.717) is 5.69 Å². The average Bonchev–Trinajstić information content (AvgIpc) is 2.29. The molecule has 0 saturated carbocycles. The number of carbonyl (C=O) groups is 1. The highest BCUT2D eigenvalue weighted by atomic mass is 16.4. The fourth-order valence-electron chi connectivity index (χ4n) is 1.22. The zero-order valence-corrected chi connectivity index (χ0v) is 8.29. The first-order chi connectivity index (χ1) is 7.70. The summed E-state index contributed by atoms with van der Waals surface area (Å²) >= 11 is 0. The Morgan fingerprint density at radius 3 is 2.56 bits per heavy atom. The average molecular weight is 216 g/mol. The van der Waals surface area contributed by atoms with Gasteiger partial charge in [-0.1, -0.05) is 0 Å². The smallest absolute Gasteiger partial charge is 0.339 e. The van der Waals surface area contributed by atoms with Crippen LogP contribution in [0.3, 0.4) is 0 Å². The Morgan fingerprint density at radius 2 is 2.06 bits per heavy atom. The monoisotopic (exact) mass is 216 g/mol. The summed E-state index contributed by atoms with van der Waals surface area (Å²) in [5.41, 5.74) is 0.304. The van der Waals surface area contributed by atoms with Gasteiger partial charge in [0.2, 0.25) is 0 Å². The van der Waals surface area contributed by atoms with Gasteiger partial charge < -0.3 is 10.0 Å². The minimum absolute atomic E-state index is 0.0204. The molecule has 1 heterocycles. The maximum atomic E-state index is 10.9. The van der Waals surface area contributed by atoms with Crippen LogP contribution in [-0.2, 0) is 0 Å². The summed E-state index contributed by atoms with van der Waals surface area (Å²) in [5, 5.41) is 26.1. The van der Waals surface area contributed by atoms with Gasteiger partial charge in [-0.3, -0.25) is 4.98 Å². The number of carboxylic acids is 1. The number of aromatic carboxylic acids is 1. The van der Waals surface area contributed by atoms with Crippen molar-refractivity contribution < 1.29 is 9.90 Å². The van der Waals surface area contributed by atoms with E-state index < -0.39 is 5.97 Å². The second-order valence-corrected chi connectivity index (χ2v) is 2.87. The topological polar surface area (TPSA) is 101 Å². The zero-order valence-electron chi connectivity index (χ0n) is 8.29. The van der Waals surface area contributed by atoms with Crippen molar-refractivity contribution in [3.63, 3.8) is 0 Å². The van der Waals surface area contributed by atoms with E-state index >= 15 is 0 Å². The molecule has 0 fully saturated rings. The fourth-order valence-corrected chi connectivity index (χ4v) is 1.22. The third-order valence-corrected chi connectivity index (χ3v) is 1.89. The molecule has 0 saturated heterocycles. The summed E-state index contributed by atoms with van der Waals surface area (Å²) in [7, 11) is 0. The number of carboxylic acid groups (broad SMARTS) is 1. The molecule has 0 atom stereocenters. The number of nitrogens with zero attached hydrogens (tertiary/aromatic N) is 4. The lowest BCUT2D eigenvalue weighted by atomic mass is 10.2. The number of hydrogen-bond donors (Lipinski definition) is 1. The molecule has 0 aliphatic heterocycles. The Hall–Kier alpha value is -2.60. The lowest BCUT2D eigenvalue weighted by Crippen LogP contribution is -2.25. The largest absolute Gasteiger partial charge is 0.478 e. The van der Waals surface area contributed by atoms with Gasteiger partial charge in [-0.15, -0.1) is 0 Å². The molecule has 0 spiro atoms. The van der Waals surface area contributed by atoms with Crippen LogP contribution in [0.4, 0.5) is 5.69 Å².